The Hall–Kier alpha value is -0.500. The van der Waals surface area contributed by atoms with Gasteiger partial charge in [-0.2, -0.15) is 0 Å². The highest BCUT2D eigenvalue weighted by atomic mass is 79.9. The SMILES string of the molecule is NNC(c1cccc(Br)c1F)C1CCCCS1(=O)=O. The first-order valence-corrected chi connectivity index (χ1v) is 8.60. The third kappa shape index (κ3) is 2.99. The molecular formula is C12H16BrFN2O2S. The van der Waals surface area contributed by atoms with Crippen molar-refractivity contribution in [3.8, 4) is 0 Å². The van der Waals surface area contributed by atoms with E-state index in [1.54, 1.807) is 18.2 Å². The number of benzene rings is 1. The molecule has 1 aliphatic rings. The maximum absolute atomic E-state index is 14.1. The van der Waals surface area contributed by atoms with Gasteiger partial charge in [0.2, 0.25) is 0 Å². The molecule has 19 heavy (non-hydrogen) atoms. The summed E-state index contributed by atoms with van der Waals surface area (Å²) >= 11 is 3.10. The van der Waals surface area contributed by atoms with Crippen LogP contribution < -0.4 is 11.3 Å². The fourth-order valence-electron chi connectivity index (χ4n) is 2.51. The average Bonchev–Trinajstić information content (AvgIpc) is 2.37. The lowest BCUT2D eigenvalue weighted by Gasteiger charge is -2.30. The van der Waals surface area contributed by atoms with Gasteiger partial charge in [-0.15, -0.1) is 0 Å². The van der Waals surface area contributed by atoms with Gasteiger partial charge >= 0.3 is 0 Å². The normalized spacial score (nSPS) is 24.1. The van der Waals surface area contributed by atoms with Crippen molar-refractivity contribution in [2.45, 2.75) is 30.6 Å². The molecule has 0 saturated carbocycles. The lowest BCUT2D eigenvalue weighted by atomic mass is 9.99. The number of hydrogen-bond acceptors (Lipinski definition) is 4. The molecule has 1 aromatic rings. The van der Waals surface area contributed by atoms with Gasteiger partial charge in [0.05, 0.1) is 21.5 Å². The number of sulfone groups is 1. The van der Waals surface area contributed by atoms with Gasteiger partial charge in [0, 0.05) is 5.56 Å². The topological polar surface area (TPSA) is 72.2 Å². The summed E-state index contributed by atoms with van der Waals surface area (Å²) in [7, 11) is -3.24. The molecule has 4 nitrogen and oxygen atoms in total. The van der Waals surface area contributed by atoms with Gasteiger partial charge < -0.3 is 0 Å². The maximum atomic E-state index is 14.1. The predicted octanol–water partition coefficient (Wildman–Crippen LogP) is 2.06. The summed E-state index contributed by atoms with van der Waals surface area (Å²) < 4.78 is 38.7. The first-order chi connectivity index (χ1) is 8.97. The molecule has 3 N–H and O–H groups in total. The lowest BCUT2D eigenvalue weighted by Crippen LogP contribution is -2.43. The van der Waals surface area contributed by atoms with Gasteiger partial charge in [0.15, 0.2) is 9.84 Å². The maximum Gasteiger partial charge on any atom is 0.155 e. The molecule has 0 spiro atoms. The predicted molar refractivity (Wildman–Crippen MR) is 75.6 cm³/mol. The largest absolute Gasteiger partial charge is 0.271 e. The Morgan fingerprint density at radius 1 is 1.42 bits per heavy atom. The number of rotatable bonds is 3. The van der Waals surface area contributed by atoms with Crippen molar-refractivity contribution < 1.29 is 12.8 Å². The van der Waals surface area contributed by atoms with Crippen LogP contribution in [0.5, 0.6) is 0 Å². The third-order valence-corrected chi connectivity index (χ3v) is 6.40. The number of hydrogen-bond donors (Lipinski definition) is 2. The van der Waals surface area contributed by atoms with Crippen molar-refractivity contribution in [1.82, 2.24) is 5.43 Å². The van der Waals surface area contributed by atoms with Crippen LogP contribution in [0, 0.1) is 5.82 Å². The van der Waals surface area contributed by atoms with Crippen LogP contribution in [0.25, 0.3) is 0 Å². The second-order valence-electron chi connectivity index (χ2n) is 4.69. The summed E-state index contributed by atoms with van der Waals surface area (Å²) in [5.74, 6) is 5.16. The first kappa shape index (κ1) is 14.9. The van der Waals surface area contributed by atoms with Crippen molar-refractivity contribution in [2.24, 2.45) is 5.84 Å². The van der Waals surface area contributed by atoms with Crippen LogP contribution in [0.15, 0.2) is 22.7 Å². The summed E-state index contributed by atoms with van der Waals surface area (Å²) in [5, 5.41) is -0.671. The van der Waals surface area contributed by atoms with Gasteiger partial charge in [0.25, 0.3) is 0 Å². The lowest BCUT2D eigenvalue weighted by molar-refractivity contribution is 0.439. The molecule has 0 amide bonds. The van der Waals surface area contributed by atoms with Crippen molar-refractivity contribution in [1.29, 1.82) is 0 Å². The van der Waals surface area contributed by atoms with E-state index in [0.717, 1.165) is 6.42 Å². The van der Waals surface area contributed by atoms with Crippen molar-refractivity contribution in [2.75, 3.05) is 5.75 Å². The van der Waals surface area contributed by atoms with Crippen LogP contribution in [-0.2, 0) is 9.84 Å². The van der Waals surface area contributed by atoms with Crippen LogP contribution >= 0.6 is 15.9 Å². The van der Waals surface area contributed by atoms with E-state index >= 15 is 0 Å². The summed E-state index contributed by atoms with van der Waals surface area (Å²) in [5.41, 5.74) is 2.76. The van der Waals surface area contributed by atoms with E-state index in [9.17, 15) is 12.8 Å². The van der Waals surface area contributed by atoms with E-state index in [1.165, 1.54) is 0 Å². The van der Waals surface area contributed by atoms with E-state index < -0.39 is 26.9 Å². The molecule has 0 aliphatic carbocycles. The number of hydrazine groups is 1. The minimum atomic E-state index is -3.24. The molecule has 0 bridgehead atoms. The molecule has 2 unspecified atom stereocenters. The average molecular weight is 351 g/mol. The summed E-state index contributed by atoms with van der Waals surface area (Å²) in [6.07, 6.45) is 1.98. The fraction of sp³-hybridized carbons (Fsp3) is 0.500. The highest BCUT2D eigenvalue weighted by Gasteiger charge is 2.37. The molecule has 106 valence electrons. The van der Waals surface area contributed by atoms with Gasteiger partial charge in [-0.25, -0.2) is 12.8 Å². The van der Waals surface area contributed by atoms with Crippen LogP contribution in [0.1, 0.15) is 30.9 Å². The molecule has 1 heterocycles. The first-order valence-electron chi connectivity index (χ1n) is 6.09. The second kappa shape index (κ2) is 5.87. The Labute approximate surface area is 120 Å². The molecule has 1 aliphatic heterocycles. The third-order valence-electron chi connectivity index (χ3n) is 3.50. The standard InChI is InChI=1S/C12H16BrFN2O2S/c13-9-5-3-4-8(11(9)14)12(16-15)10-6-1-2-7-19(10,17)18/h3-5,10,12,16H,1-2,6-7,15H2. The Morgan fingerprint density at radius 2 is 2.16 bits per heavy atom. The van der Waals surface area contributed by atoms with Crippen LogP contribution in [-0.4, -0.2) is 19.4 Å². The summed E-state index contributed by atoms with van der Waals surface area (Å²) in [6.45, 7) is 0. The molecule has 0 radical (unpaired) electrons. The zero-order valence-corrected chi connectivity index (χ0v) is 12.7. The van der Waals surface area contributed by atoms with Gasteiger partial charge in [-0.3, -0.25) is 11.3 Å². The highest BCUT2D eigenvalue weighted by Crippen LogP contribution is 2.33. The number of nitrogens with two attached hydrogens (primary N) is 1. The zero-order chi connectivity index (χ0) is 14.0. The molecule has 2 rings (SSSR count). The Kier molecular flexibility index (Phi) is 4.60. The zero-order valence-electron chi connectivity index (χ0n) is 10.3. The van der Waals surface area contributed by atoms with Crippen LogP contribution in [0.4, 0.5) is 4.39 Å². The highest BCUT2D eigenvalue weighted by molar-refractivity contribution is 9.10. The van der Waals surface area contributed by atoms with Gasteiger partial charge in [-0.1, -0.05) is 18.6 Å². The van der Waals surface area contributed by atoms with E-state index in [4.69, 9.17) is 5.84 Å². The second-order valence-corrected chi connectivity index (χ2v) is 7.88. The molecule has 1 saturated heterocycles. The Morgan fingerprint density at radius 3 is 2.79 bits per heavy atom. The van der Waals surface area contributed by atoms with E-state index in [1.807, 2.05) is 0 Å². The molecule has 7 heteroatoms. The minimum absolute atomic E-state index is 0.144. The van der Waals surface area contributed by atoms with E-state index in [-0.39, 0.29) is 11.3 Å². The minimum Gasteiger partial charge on any atom is -0.271 e. The fourth-order valence-corrected chi connectivity index (χ4v) is 4.97. The summed E-state index contributed by atoms with van der Waals surface area (Å²) in [6, 6.07) is 4.08. The van der Waals surface area contributed by atoms with E-state index in [2.05, 4.69) is 21.4 Å². The van der Waals surface area contributed by atoms with Gasteiger partial charge in [0.1, 0.15) is 5.82 Å². The molecule has 1 aromatic carbocycles. The van der Waals surface area contributed by atoms with Crippen molar-refractivity contribution in [3.05, 3.63) is 34.1 Å². The molecule has 2 atom stereocenters. The number of nitrogens with one attached hydrogen (secondary N) is 1. The Balaban J connectivity index is 2.42. The molecule has 0 aromatic heterocycles. The van der Waals surface area contributed by atoms with Crippen LogP contribution in [0.2, 0.25) is 0 Å². The monoisotopic (exact) mass is 350 g/mol. The molecular weight excluding hydrogens is 335 g/mol. The quantitative estimate of drug-likeness (QED) is 0.646. The van der Waals surface area contributed by atoms with Gasteiger partial charge in [-0.05, 0) is 34.8 Å². The number of halogens is 2. The molecule has 1 fully saturated rings. The summed E-state index contributed by atoms with van der Waals surface area (Å²) in [4.78, 5) is 0. The Bertz CT molecular complexity index is 565. The van der Waals surface area contributed by atoms with Crippen molar-refractivity contribution in [3.63, 3.8) is 0 Å². The van der Waals surface area contributed by atoms with E-state index in [0.29, 0.717) is 17.3 Å². The van der Waals surface area contributed by atoms with Crippen LogP contribution in [0.3, 0.4) is 0 Å². The van der Waals surface area contributed by atoms with Crippen molar-refractivity contribution >= 4 is 25.8 Å². The smallest absolute Gasteiger partial charge is 0.155 e.